The number of nitrogens with one attached hydrogen (secondary N) is 3. The molecule has 2 aromatic rings. The van der Waals surface area contributed by atoms with Crippen LogP contribution < -0.4 is 25.4 Å². The van der Waals surface area contributed by atoms with Gasteiger partial charge in [-0.15, -0.1) is 0 Å². The van der Waals surface area contributed by atoms with Gasteiger partial charge < -0.3 is 30.2 Å². The molecule has 0 bridgehead atoms. The van der Waals surface area contributed by atoms with Crippen LogP contribution >= 0.6 is 0 Å². The molecule has 35 heavy (non-hydrogen) atoms. The minimum Gasteiger partial charge on any atom is -0.497 e. The molecular formula is C25H30N4O6. The Hall–Kier alpha value is -4.21. The first-order valence-corrected chi connectivity index (χ1v) is 11.1. The zero-order valence-corrected chi connectivity index (χ0v) is 20.4. The van der Waals surface area contributed by atoms with Gasteiger partial charge in [0.2, 0.25) is 0 Å². The van der Waals surface area contributed by atoms with Crippen molar-refractivity contribution in [1.29, 1.82) is 0 Å². The molecule has 2 aromatic carbocycles. The van der Waals surface area contributed by atoms with Gasteiger partial charge >= 0.3 is 18.0 Å². The Kier molecular flexibility index (Phi) is 8.19. The predicted molar refractivity (Wildman–Crippen MR) is 132 cm³/mol. The summed E-state index contributed by atoms with van der Waals surface area (Å²) in [4.78, 5) is 39.2. The van der Waals surface area contributed by atoms with Crippen molar-refractivity contribution in [2.75, 3.05) is 38.5 Å². The van der Waals surface area contributed by atoms with Crippen LogP contribution in [0.15, 0.2) is 53.7 Å². The average molecular weight is 483 g/mol. The van der Waals surface area contributed by atoms with Crippen molar-refractivity contribution >= 4 is 29.4 Å². The van der Waals surface area contributed by atoms with Crippen LogP contribution in [0.5, 0.6) is 11.5 Å². The van der Waals surface area contributed by atoms with E-state index in [0.717, 1.165) is 6.42 Å². The Balaban J connectivity index is 1.77. The molecule has 1 heterocycles. The fourth-order valence-corrected chi connectivity index (χ4v) is 3.83. The third-order valence-electron chi connectivity index (χ3n) is 5.56. The molecular weight excluding hydrogens is 452 g/mol. The smallest absolute Gasteiger partial charge is 0.337 e. The number of rotatable bonds is 8. The quantitative estimate of drug-likeness (QED) is 0.484. The standard InChI is InChI=1S/C25H30N4O6/c1-6-11-29-15(2)21(23(30)35-5)22(28-25(29)32)16-7-9-17(10-8-16)26-24(31)27-18-12-19(33-3)14-20(13-18)34-4/h7-10,12-14,22H,6,11H2,1-5H3,(H,28,32)(H2,26,27,31)/t22-/m0/s1. The second-order valence-corrected chi connectivity index (χ2v) is 7.83. The Morgan fingerprint density at radius 1 is 0.971 bits per heavy atom. The number of esters is 1. The van der Waals surface area contributed by atoms with Gasteiger partial charge in [0.05, 0.1) is 32.9 Å². The van der Waals surface area contributed by atoms with Crippen molar-refractivity contribution in [3.8, 4) is 11.5 Å². The number of anilines is 2. The van der Waals surface area contributed by atoms with E-state index in [4.69, 9.17) is 14.2 Å². The van der Waals surface area contributed by atoms with Gasteiger partial charge in [0, 0.05) is 41.8 Å². The summed E-state index contributed by atoms with van der Waals surface area (Å²) in [5.41, 5.74) is 2.63. The highest BCUT2D eigenvalue weighted by Crippen LogP contribution is 2.32. The summed E-state index contributed by atoms with van der Waals surface area (Å²) in [6, 6.07) is 10.5. The first-order valence-electron chi connectivity index (χ1n) is 11.1. The van der Waals surface area contributed by atoms with E-state index in [1.54, 1.807) is 49.4 Å². The maximum Gasteiger partial charge on any atom is 0.337 e. The molecule has 1 aliphatic rings. The van der Waals surface area contributed by atoms with E-state index in [1.165, 1.54) is 26.2 Å². The second-order valence-electron chi connectivity index (χ2n) is 7.83. The third-order valence-corrected chi connectivity index (χ3v) is 5.56. The Morgan fingerprint density at radius 3 is 2.11 bits per heavy atom. The number of carbonyl (C=O) groups excluding carboxylic acids is 3. The normalized spacial score (nSPS) is 15.3. The lowest BCUT2D eigenvalue weighted by Gasteiger charge is -2.35. The summed E-state index contributed by atoms with van der Waals surface area (Å²) in [7, 11) is 4.36. The highest BCUT2D eigenvalue weighted by atomic mass is 16.5. The van der Waals surface area contributed by atoms with E-state index in [-0.39, 0.29) is 6.03 Å². The maximum absolute atomic E-state index is 12.7. The van der Waals surface area contributed by atoms with Gasteiger partial charge in [0.15, 0.2) is 0 Å². The van der Waals surface area contributed by atoms with Crippen molar-refractivity contribution in [1.82, 2.24) is 10.2 Å². The van der Waals surface area contributed by atoms with Crippen molar-refractivity contribution < 1.29 is 28.6 Å². The first-order chi connectivity index (χ1) is 16.8. The highest BCUT2D eigenvalue weighted by molar-refractivity contribution is 6.00. The molecule has 3 N–H and O–H groups in total. The molecule has 186 valence electrons. The fourth-order valence-electron chi connectivity index (χ4n) is 3.83. The van der Waals surface area contributed by atoms with Crippen molar-refractivity contribution in [2.45, 2.75) is 26.3 Å². The number of hydrogen-bond donors (Lipinski definition) is 3. The molecule has 0 aliphatic carbocycles. The van der Waals surface area contributed by atoms with Crippen LogP contribution in [0.2, 0.25) is 0 Å². The molecule has 0 spiro atoms. The molecule has 0 saturated carbocycles. The highest BCUT2D eigenvalue weighted by Gasteiger charge is 2.35. The minimum absolute atomic E-state index is 0.280. The minimum atomic E-state index is -0.671. The molecule has 0 unspecified atom stereocenters. The number of allylic oxidation sites excluding steroid dienone is 1. The lowest BCUT2D eigenvalue weighted by atomic mass is 9.94. The summed E-state index contributed by atoms with van der Waals surface area (Å²) in [6.45, 7) is 4.18. The second kappa shape index (κ2) is 11.3. The molecule has 10 nitrogen and oxygen atoms in total. The van der Waals surface area contributed by atoms with E-state index < -0.39 is 18.0 Å². The summed E-state index contributed by atoms with van der Waals surface area (Å²) in [5, 5.41) is 8.37. The largest absolute Gasteiger partial charge is 0.497 e. The monoisotopic (exact) mass is 482 g/mol. The lowest BCUT2D eigenvalue weighted by molar-refractivity contribution is -0.136. The van der Waals surface area contributed by atoms with Crippen molar-refractivity contribution in [3.63, 3.8) is 0 Å². The number of hydrogen-bond acceptors (Lipinski definition) is 6. The number of amides is 4. The van der Waals surface area contributed by atoms with Gasteiger partial charge in [-0.2, -0.15) is 0 Å². The van der Waals surface area contributed by atoms with Crippen LogP contribution in [0.1, 0.15) is 31.9 Å². The van der Waals surface area contributed by atoms with Crippen LogP contribution in [0, 0.1) is 0 Å². The Labute approximate surface area is 204 Å². The van der Waals surface area contributed by atoms with Gasteiger partial charge in [-0.1, -0.05) is 19.1 Å². The van der Waals surface area contributed by atoms with Crippen LogP contribution in [0.4, 0.5) is 21.0 Å². The summed E-state index contributed by atoms with van der Waals surface area (Å²) < 4.78 is 15.4. The van der Waals surface area contributed by atoms with Gasteiger partial charge in [-0.05, 0) is 31.0 Å². The van der Waals surface area contributed by atoms with Gasteiger partial charge in [-0.25, -0.2) is 14.4 Å². The average Bonchev–Trinajstić information content (AvgIpc) is 2.85. The molecule has 0 aromatic heterocycles. The Bertz CT molecular complexity index is 1110. The molecule has 1 aliphatic heterocycles. The molecule has 0 fully saturated rings. The Morgan fingerprint density at radius 2 is 1.57 bits per heavy atom. The van der Waals surface area contributed by atoms with Crippen molar-refractivity contribution in [3.05, 3.63) is 59.3 Å². The first kappa shape index (κ1) is 25.4. The van der Waals surface area contributed by atoms with E-state index in [0.29, 0.717) is 46.3 Å². The fraction of sp³-hybridized carbons (Fsp3) is 0.320. The number of nitrogens with zero attached hydrogens (tertiary/aromatic N) is 1. The van der Waals surface area contributed by atoms with Gasteiger partial charge in [0.1, 0.15) is 11.5 Å². The number of benzene rings is 2. The summed E-state index contributed by atoms with van der Waals surface area (Å²) >= 11 is 0. The van der Waals surface area contributed by atoms with Gasteiger partial charge in [-0.3, -0.25) is 4.90 Å². The number of methoxy groups -OCH3 is 3. The van der Waals surface area contributed by atoms with Crippen LogP contribution in [-0.4, -0.2) is 50.8 Å². The molecule has 0 radical (unpaired) electrons. The maximum atomic E-state index is 12.7. The number of urea groups is 2. The van der Waals surface area contributed by atoms with Crippen LogP contribution in [0.25, 0.3) is 0 Å². The zero-order valence-electron chi connectivity index (χ0n) is 20.4. The van der Waals surface area contributed by atoms with E-state index in [9.17, 15) is 14.4 Å². The van der Waals surface area contributed by atoms with Crippen LogP contribution in [0.3, 0.4) is 0 Å². The zero-order chi connectivity index (χ0) is 25.5. The van der Waals surface area contributed by atoms with Gasteiger partial charge in [0.25, 0.3) is 0 Å². The number of carbonyl (C=O) groups is 3. The summed E-state index contributed by atoms with van der Waals surface area (Å²) in [5.74, 6) is 0.575. The lowest BCUT2D eigenvalue weighted by Crippen LogP contribution is -2.48. The third kappa shape index (κ3) is 5.84. The molecule has 10 heteroatoms. The summed E-state index contributed by atoms with van der Waals surface area (Å²) in [6.07, 6.45) is 0.745. The van der Waals surface area contributed by atoms with E-state index in [2.05, 4.69) is 16.0 Å². The topological polar surface area (TPSA) is 118 Å². The number of ether oxygens (including phenoxy) is 3. The van der Waals surface area contributed by atoms with Crippen LogP contribution in [-0.2, 0) is 9.53 Å². The van der Waals surface area contributed by atoms with E-state index in [1.807, 2.05) is 6.92 Å². The molecule has 1 atom stereocenters. The van der Waals surface area contributed by atoms with E-state index >= 15 is 0 Å². The molecule has 4 amide bonds. The predicted octanol–water partition coefficient (Wildman–Crippen LogP) is 4.27. The van der Waals surface area contributed by atoms with Crippen molar-refractivity contribution in [2.24, 2.45) is 0 Å². The molecule has 0 saturated heterocycles. The SMILES string of the molecule is CCCN1C(=O)N[C@@H](c2ccc(NC(=O)Nc3cc(OC)cc(OC)c3)cc2)C(C(=O)OC)=C1C. The molecule has 3 rings (SSSR count).